The van der Waals surface area contributed by atoms with Crippen LogP contribution in [0.5, 0.6) is 0 Å². The standard InChI is InChI=1S/C12H20F3N3S.ClH/c1-7(2)11(4,6-16)17-5-9-10(12(13,14)15)18-8(3)19-9;/h7,17H,5-6,16H2,1-4H3;1H. The van der Waals surface area contributed by atoms with E-state index >= 15 is 0 Å². The van der Waals surface area contributed by atoms with Crippen LogP contribution < -0.4 is 11.1 Å². The van der Waals surface area contributed by atoms with Gasteiger partial charge in [-0.3, -0.25) is 0 Å². The van der Waals surface area contributed by atoms with Crippen molar-refractivity contribution in [3.8, 4) is 0 Å². The molecule has 1 atom stereocenters. The van der Waals surface area contributed by atoms with E-state index in [1.807, 2.05) is 20.8 Å². The van der Waals surface area contributed by atoms with E-state index < -0.39 is 11.9 Å². The molecule has 0 spiro atoms. The van der Waals surface area contributed by atoms with Gasteiger partial charge in [0.25, 0.3) is 0 Å². The molecule has 1 aromatic rings. The molecule has 1 unspecified atom stereocenters. The molecule has 118 valence electrons. The normalized spacial score (nSPS) is 15.1. The molecule has 0 amide bonds. The van der Waals surface area contributed by atoms with E-state index in [2.05, 4.69) is 10.3 Å². The molecule has 1 rings (SSSR count). The first-order valence-corrected chi connectivity index (χ1v) is 6.90. The first-order chi connectivity index (χ1) is 8.60. The van der Waals surface area contributed by atoms with Gasteiger partial charge in [-0.15, -0.1) is 23.7 Å². The molecular formula is C12H21ClF3N3S. The van der Waals surface area contributed by atoms with Crippen LogP contribution >= 0.6 is 23.7 Å². The van der Waals surface area contributed by atoms with E-state index in [9.17, 15) is 13.2 Å². The molecule has 0 saturated heterocycles. The maximum absolute atomic E-state index is 12.8. The summed E-state index contributed by atoms with van der Waals surface area (Å²) in [5.41, 5.74) is 4.53. The third-order valence-electron chi connectivity index (χ3n) is 3.42. The van der Waals surface area contributed by atoms with E-state index in [4.69, 9.17) is 5.73 Å². The highest BCUT2D eigenvalue weighted by Gasteiger charge is 2.37. The molecule has 1 heterocycles. The Morgan fingerprint density at radius 1 is 1.35 bits per heavy atom. The lowest BCUT2D eigenvalue weighted by Crippen LogP contribution is -2.52. The molecule has 0 saturated carbocycles. The minimum atomic E-state index is -4.40. The average molecular weight is 332 g/mol. The van der Waals surface area contributed by atoms with Crippen molar-refractivity contribution < 1.29 is 13.2 Å². The van der Waals surface area contributed by atoms with Crippen molar-refractivity contribution in [3.05, 3.63) is 15.6 Å². The minimum absolute atomic E-state index is 0. The quantitative estimate of drug-likeness (QED) is 0.870. The number of thiazole rings is 1. The number of nitrogens with two attached hydrogens (primary N) is 1. The second-order valence-electron chi connectivity index (χ2n) is 5.13. The number of halogens is 4. The van der Waals surface area contributed by atoms with E-state index in [1.165, 1.54) is 0 Å². The van der Waals surface area contributed by atoms with Crippen molar-refractivity contribution in [1.82, 2.24) is 10.3 Å². The van der Waals surface area contributed by atoms with E-state index in [-0.39, 0.29) is 35.3 Å². The molecule has 0 aromatic carbocycles. The second-order valence-corrected chi connectivity index (χ2v) is 6.42. The SMILES string of the molecule is Cc1nc(C(F)(F)F)c(CNC(C)(CN)C(C)C)s1.Cl. The van der Waals surface area contributed by atoms with Gasteiger partial charge in [-0.1, -0.05) is 13.8 Å². The van der Waals surface area contributed by atoms with Gasteiger partial charge in [-0.2, -0.15) is 13.2 Å². The Bertz CT molecular complexity index is 434. The maximum atomic E-state index is 12.8. The summed E-state index contributed by atoms with van der Waals surface area (Å²) in [5.74, 6) is 0.223. The highest BCUT2D eigenvalue weighted by Crippen LogP contribution is 2.34. The molecule has 0 radical (unpaired) electrons. The molecule has 0 aliphatic rings. The minimum Gasteiger partial charge on any atom is -0.329 e. The summed E-state index contributed by atoms with van der Waals surface area (Å²) in [6.45, 7) is 7.97. The van der Waals surface area contributed by atoms with Gasteiger partial charge in [-0.05, 0) is 19.8 Å². The summed E-state index contributed by atoms with van der Waals surface area (Å²) in [5, 5.41) is 3.55. The third-order valence-corrected chi connectivity index (χ3v) is 4.39. The van der Waals surface area contributed by atoms with Gasteiger partial charge in [0.2, 0.25) is 0 Å². The summed E-state index contributed by atoms with van der Waals surface area (Å²) in [6, 6.07) is 0. The largest absolute Gasteiger partial charge is 0.434 e. The van der Waals surface area contributed by atoms with Crippen LogP contribution in [0.4, 0.5) is 13.2 Å². The fourth-order valence-corrected chi connectivity index (χ4v) is 2.50. The lowest BCUT2D eigenvalue weighted by molar-refractivity contribution is -0.141. The Morgan fingerprint density at radius 2 is 1.90 bits per heavy atom. The maximum Gasteiger partial charge on any atom is 0.434 e. The zero-order valence-corrected chi connectivity index (χ0v) is 13.6. The molecule has 3 nitrogen and oxygen atoms in total. The van der Waals surface area contributed by atoms with Crippen molar-refractivity contribution in [2.75, 3.05) is 6.54 Å². The molecule has 0 aliphatic carbocycles. The van der Waals surface area contributed by atoms with Crippen molar-refractivity contribution in [3.63, 3.8) is 0 Å². The van der Waals surface area contributed by atoms with Gasteiger partial charge in [0, 0.05) is 18.6 Å². The lowest BCUT2D eigenvalue weighted by atomic mass is 9.88. The zero-order chi connectivity index (χ0) is 14.8. The molecule has 0 fully saturated rings. The topological polar surface area (TPSA) is 50.9 Å². The summed E-state index contributed by atoms with van der Waals surface area (Å²) in [6.07, 6.45) is -4.40. The van der Waals surface area contributed by atoms with E-state index in [0.717, 1.165) is 11.3 Å². The number of aryl methyl sites for hydroxylation is 1. The van der Waals surface area contributed by atoms with Crippen LogP contribution in [0.1, 0.15) is 36.3 Å². The van der Waals surface area contributed by atoms with Gasteiger partial charge in [-0.25, -0.2) is 4.98 Å². The predicted molar refractivity (Wildman–Crippen MR) is 78.2 cm³/mol. The number of hydrogen-bond donors (Lipinski definition) is 2. The molecule has 1 aromatic heterocycles. The highest BCUT2D eigenvalue weighted by molar-refractivity contribution is 7.11. The second kappa shape index (κ2) is 7.06. The third kappa shape index (κ3) is 4.58. The molecule has 3 N–H and O–H groups in total. The number of nitrogens with one attached hydrogen (secondary N) is 1. The Labute approximate surface area is 127 Å². The number of rotatable bonds is 5. The van der Waals surface area contributed by atoms with Crippen LogP contribution in [0, 0.1) is 12.8 Å². The van der Waals surface area contributed by atoms with Crippen LogP contribution in [0.3, 0.4) is 0 Å². The lowest BCUT2D eigenvalue weighted by Gasteiger charge is -2.33. The Balaban J connectivity index is 0.00000361. The fraction of sp³-hybridized carbons (Fsp3) is 0.750. The first-order valence-electron chi connectivity index (χ1n) is 6.08. The van der Waals surface area contributed by atoms with Crippen molar-refractivity contribution in [1.29, 1.82) is 0 Å². The predicted octanol–water partition coefficient (Wildman–Crippen LogP) is 3.36. The number of hydrogen-bond acceptors (Lipinski definition) is 4. The van der Waals surface area contributed by atoms with Gasteiger partial charge >= 0.3 is 6.18 Å². The summed E-state index contributed by atoms with van der Waals surface area (Å²) in [7, 11) is 0. The van der Waals surface area contributed by atoms with E-state index in [0.29, 0.717) is 11.6 Å². The number of alkyl halides is 3. The summed E-state index contributed by atoms with van der Waals surface area (Å²) >= 11 is 1.07. The summed E-state index contributed by atoms with van der Waals surface area (Å²) in [4.78, 5) is 3.79. The van der Waals surface area contributed by atoms with Crippen LogP contribution in [-0.2, 0) is 12.7 Å². The van der Waals surface area contributed by atoms with Gasteiger partial charge in [0.05, 0.1) is 9.88 Å². The van der Waals surface area contributed by atoms with Crippen LogP contribution in [0.15, 0.2) is 0 Å². The Morgan fingerprint density at radius 3 is 2.30 bits per heavy atom. The number of nitrogens with zero attached hydrogens (tertiary/aromatic N) is 1. The molecule has 8 heteroatoms. The Kier molecular flexibility index (Phi) is 6.93. The van der Waals surface area contributed by atoms with E-state index in [1.54, 1.807) is 6.92 Å². The smallest absolute Gasteiger partial charge is 0.329 e. The van der Waals surface area contributed by atoms with Crippen molar-refractivity contribution in [2.24, 2.45) is 11.7 Å². The van der Waals surface area contributed by atoms with Crippen molar-refractivity contribution in [2.45, 2.75) is 46.0 Å². The fourth-order valence-electron chi connectivity index (χ4n) is 1.60. The zero-order valence-electron chi connectivity index (χ0n) is 12.0. The molecular weight excluding hydrogens is 311 g/mol. The average Bonchev–Trinajstić information content (AvgIpc) is 2.67. The van der Waals surface area contributed by atoms with Crippen LogP contribution in [-0.4, -0.2) is 17.1 Å². The van der Waals surface area contributed by atoms with Gasteiger partial charge in [0.1, 0.15) is 0 Å². The molecule has 20 heavy (non-hydrogen) atoms. The number of aromatic nitrogens is 1. The van der Waals surface area contributed by atoms with Crippen LogP contribution in [0.25, 0.3) is 0 Å². The Hall–Kier alpha value is -0.370. The van der Waals surface area contributed by atoms with Crippen molar-refractivity contribution >= 4 is 23.7 Å². The molecule has 0 bridgehead atoms. The highest BCUT2D eigenvalue weighted by atomic mass is 35.5. The summed E-state index contributed by atoms with van der Waals surface area (Å²) < 4.78 is 38.4. The van der Waals surface area contributed by atoms with Gasteiger partial charge in [0.15, 0.2) is 5.69 Å². The monoisotopic (exact) mass is 331 g/mol. The van der Waals surface area contributed by atoms with Crippen LogP contribution in [0.2, 0.25) is 0 Å². The van der Waals surface area contributed by atoms with Gasteiger partial charge < -0.3 is 11.1 Å². The molecule has 0 aliphatic heterocycles. The first kappa shape index (κ1) is 19.6.